The van der Waals surface area contributed by atoms with Gasteiger partial charge < -0.3 is 29.9 Å². The number of methoxy groups -OCH3 is 1. The molecule has 0 radical (unpaired) electrons. The molecule has 204 valence electrons. The zero-order chi connectivity index (χ0) is 26.6. The lowest BCUT2D eigenvalue weighted by Crippen LogP contribution is -2.39. The second-order valence-corrected chi connectivity index (χ2v) is 9.81. The summed E-state index contributed by atoms with van der Waals surface area (Å²) in [6, 6.07) is 4.48. The molecule has 5 rings (SSSR count). The van der Waals surface area contributed by atoms with Gasteiger partial charge >= 0.3 is 12.1 Å². The summed E-state index contributed by atoms with van der Waals surface area (Å²) in [5.41, 5.74) is 3.69. The minimum atomic E-state index is -5.08. The molecular formula is C26H34F3N3O5. The number of aliphatic carboxylic acids is 1. The number of hydrogen-bond donors (Lipinski definition) is 3. The number of carbonyl (C=O) groups is 1. The summed E-state index contributed by atoms with van der Waals surface area (Å²) in [5.74, 6) is -0.186. The van der Waals surface area contributed by atoms with Crippen LogP contribution in [0.1, 0.15) is 49.7 Å². The second kappa shape index (κ2) is 11.7. The van der Waals surface area contributed by atoms with Crippen molar-refractivity contribution in [3.05, 3.63) is 23.3 Å². The number of nitrogens with one attached hydrogen (secondary N) is 1. The van der Waals surface area contributed by atoms with E-state index in [2.05, 4.69) is 16.3 Å². The van der Waals surface area contributed by atoms with E-state index in [4.69, 9.17) is 24.4 Å². The first-order valence-corrected chi connectivity index (χ1v) is 12.8. The quantitative estimate of drug-likeness (QED) is 0.442. The van der Waals surface area contributed by atoms with Gasteiger partial charge in [0.15, 0.2) is 11.5 Å². The van der Waals surface area contributed by atoms with Crippen LogP contribution < -0.4 is 14.8 Å². The minimum absolute atomic E-state index is 0.166. The van der Waals surface area contributed by atoms with Crippen molar-refractivity contribution in [2.75, 3.05) is 38.7 Å². The SMILES string of the molecule is COc1cc2c3c(c(NC4CC(O)C4)nc2cc1OCCCN1CCCC1)CCC3.O=C(O)C(F)(F)F. The number of hydrogen-bond acceptors (Lipinski definition) is 7. The van der Waals surface area contributed by atoms with Gasteiger partial charge in [0.05, 0.1) is 25.3 Å². The van der Waals surface area contributed by atoms with Gasteiger partial charge in [-0.05, 0) is 81.6 Å². The highest BCUT2D eigenvalue weighted by molar-refractivity contribution is 5.89. The van der Waals surface area contributed by atoms with Gasteiger partial charge in [0.25, 0.3) is 0 Å². The number of nitrogens with zero attached hydrogens (tertiary/aromatic N) is 2. The van der Waals surface area contributed by atoms with Crippen molar-refractivity contribution < 1.29 is 37.7 Å². The van der Waals surface area contributed by atoms with Gasteiger partial charge in [0, 0.05) is 24.0 Å². The third kappa shape index (κ3) is 6.75. The van der Waals surface area contributed by atoms with Gasteiger partial charge in [0.1, 0.15) is 5.82 Å². The Kier molecular flexibility index (Phi) is 8.63. The molecule has 1 aromatic carbocycles. The lowest BCUT2D eigenvalue weighted by Gasteiger charge is -2.33. The molecule has 2 fully saturated rings. The third-order valence-corrected chi connectivity index (χ3v) is 7.11. The number of anilines is 1. The second-order valence-electron chi connectivity index (χ2n) is 9.81. The van der Waals surface area contributed by atoms with Crippen LogP contribution in [0.4, 0.5) is 19.0 Å². The molecule has 0 spiro atoms. The lowest BCUT2D eigenvalue weighted by atomic mass is 9.89. The van der Waals surface area contributed by atoms with Crippen LogP contribution in [0.5, 0.6) is 11.5 Å². The molecule has 8 nitrogen and oxygen atoms in total. The molecular weight excluding hydrogens is 491 g/mol. The van der Waals surface area contributed by atoms with E-state index in [0.29, 0.717) is 12.6 Å². The lowest BCUT2D eigenvalue weighted by molar-refractivity contribution is -0.192. The number of rotatable bonds is 8. The van der Waals surface area contributed by atoms with E-state index < -0.39 is 12.1 Å². The minimum Gasteiger partial charge on any atom is -0.493 e. The zero-order valence-electron chi connectivity index (χ0n) is 20.9. The highest BCUT2D eigenvalue weighted by Crippen LogP contribution is 2.40. The number of halogens is 3. The van der Waals surface area contributed by atoms with E-state index >= 15 is 0 Å². The van der Waals surface area contributed by atoms with E-state index in [1.165, 1.54) is 42.4 Å². The van der Waals surface area contributed by atoms with Crippen molar-refractivity contribution >= 4 is 22.7 Å². The van der Waals surface area contributed by atoms with Gasteiger partial charge in [-0.1, -0.05) is 0 Å². The largest absolute Gasteiger partial charge is 0.493 e. The fourth-order valence-electron chi connectivity index (χ4n) is 5.14. The van der Waals surface area contributed by atoms with Gasteiger partial charge in [-0.25, -0.2) is 9.78 Å². The summed E-state index contributed by atoms with van der Waals surface area (Å²) in [6.07, 6.45) is 3.34. The Bertz CT molecular complexity index is 1100. The summed E-state index contributed by atoms with van der Waals surface area (Å²) < 4.78 is 43.5. The normalized spacial score (nSPS) is 21.1. The molecule has 37 heavy (non-hydrogen) atoms. The fraction of sp³-hybridized carbons (Fsp3) is 0.615. The molecule has 1 aromatic heterocycles. The molecule has 0 bridgehead atoms. The molecule has 0 unspecified atom stereocenters. The van der Waals surface area contributed by atoms with Crippen LogP contribution in [0.2, 0.25) is 0 Å². The number of alkyl halides is 3. The van der Waals surface area contributed by atoms with Crippen LogP contribution in [0, 0.1) is 0 Å². The van der Waals surface area contributed by atoms with E-state index in [0.717, 1.165) is 67.9 Å². The molecule has 1 aliphatic heterocycles. The number of carboxylic acid groups (broad SMARTS) is 1. The topological polar surface area (TPSA) is 104 Å². The van der Waals surface area contributed by atoms with Crippen LogP contribution in [-0.4, -0.2) is 77.7 Å². The molecule has 0 atom stereocenters. The van der Waals surface area contributed by atoms with Gasteiger partial charge in [-0.15, -0.1) is 0 Å². The first-order valence-electron chi connectivity index (χ1n) is 12.8. The number of aliphatic hydroxyl groups is 1. The van der Waals surface area contributed by atoms with E-state index in [1.54, 1.807) is 7.11 Å². The van der Waals surface area contributed by atoms with E-state index in [-0.39, 0.29) is 6.10 Å². The van der Waals surface area contributed by atoms with Gasteiger partial charge in [-0.2, -0.15) is 13.2 Å². The number of likely N-dealkylation sites (tertiary alicyclic amines) is 1. The van der Waals surface area contributed by atoms with Crippen molar-refractivity contribution in [2.45, 2.75) is 69.7 Å². The number of aryl methyl sites for hydroxylation is 1. The summed E-state index contributed by atoms with van der Waals surface area (Å²) in [4.78, 5) is 16.4. The number of pyridine rings is 1. The van der Waals surface area contributed by atoms with Crippen LogP contribution in [0.15, 0.2) is 12.1 Å². The van der Waals surface area contributed by atoms with Crippen LogP contribution in [0.3, 0.4) is 0 Å². The Morgan fingerprint density at radius 3 is 2.43 bits per heavy atom. The number of aliphatic hydroxyl groups excluding tert-OH is 1. The molecule has 2 aliphatic carbocycles. The van der Waals surface area contributed by atoms with Crippen LogP contribution >= 0.6 is 0 Å². The van der Waals surface area contributed by atoms with Crippen LogP contribution in [0.25, 0.3) is 10.9 Å². The number of ether oxygens (including phenoxy) is 2. The predicted molar refractivity (Wildman–Crippen MR) is 132 cm³/mol. The summed E-state index contributed by atoms with van der Waals surface area (Å²) >= 11 is 0. The monoisotopic (exact) mass is 525 g/mol. The molecule has 0 amide bonds. The number of aromatic nitrogens is 1. The number of benzene rings is 1. The number of carboxylic acids is 1. The molecule has 2 heterocycles. The molecule has 1 saturated carbocycles. The third-order valence-electron chi connectivity index (χ3n) is 7.11. The van der Waals surface area contributed by atoms with Gasteiger partial charge in [0.2, 0.25) is 0 Å². The molecule has 3 aliphatic rings. The Balaban J connectivity index is 0.000000405. The Morgan fingerprint density at radius 2 is 1.81 bits per heavy atom. The fourth-order valence-corrected chi connectivity index (χ4v) is 5.14. The molecule has 11 heteroatoms. The van der Waals surface area contributed by atoms with Crippen molar-refractivity contribution in [3.8, 4) is 11.5 Å². The van der Waals surface area contributed by atoms with Crippen molar-refractivity contribution in [1.82, 2.24) is 9.88 Å². The Labute approximate surface area is 213 Å². The zero-order valence-corrected chi connectivity index (χ0v) is 20.9. The van der Waals surface area contributed by atoms with E-state index in [1.807, 2.05) is 6.07 Å². The Morgan fingerprint density at radius 1 is 1.14 bits per heavy atom. The molecule has 3 N–H and O–H groups in total. The van der Waals surface area contributed by atoms with Gasteiger partial charge in [-0.3, -0.25) is 0 Å². The predicted octanol–water partition coefficient (Wildman–Crippen LogP) is 4.17. The molecule has 2 aromatic rings. The maximum Gasteiger partial charge on any atom is 0.490 e. The summed E-state index contributed by atoms with van der Waals surface area (Å²) in [5, 5.41) is 21.5. The highest BCUT2D eigenvalue weighted by atomic mass is 19.4. The average Bonchev–Trinajstić information content (AvgIpc) is 3.53. The maximum absolute atomic E-state index is 10.6. The number of fused-ring (bicyclic) bond motifs is 3. The van der Waals surface area contributed by atoms with Crippen molar-refractivity contribution in [3.63, 3.8) is 0 Å². The highest BCUT2D eigenvalue weighted by Gasteiger charge is 2.38. The van der Waals surface area contributed by atoms with Crippen LogP contribution in [-0.2, 0) is 17.6 Å². The smallest absolute Gasteiger partial charge is 0.490 e. The van der Waals surface area contributed by atoms with Crippen molar-refractivity contribution in [2.24, 2.45) is 0 Å². The maximum atomic E-state index is 10.6. The first kappa shape index (κ1) is 27.3. The summed E-state index contributed by atoms with van der Waals surface area (Å²) in [6.45, 7) is 4.24. The van der Waals surface area contributed by atoms with Crippen molar-refractivity contribution in [1.29, 1.82) is 0 Å². The first-order chi connectivity index (χ1) is 17.7. The summed E-state index contributed by atoms with van der Waals surface area (Å²) in [7, 11) is 1.71. The van der Waals surface area contributed by atoms with E-state index in [9.17, 15) is 18.3 Å². The molecule has 1 saturated heterocycles. The Hall–Kier alpha value is -2.79. The standard InChI is InChI=1S/C24H33N3O3.C2HF3O2/c1-29-22-14-20-18-6-4-7-19(18)24(25-16-12-17(28)13-16)26-21(20)15-23(22)30-11-5-10-27-8-2-3-9-27;3-2(4,5)1(6)7/h14-17,28H,2-13H2,1H3,(H,25,26);(H,6,7). The average molecular weight is 526 g/mol.